The van der Waals surface area contributed by atoms with Crippen LogP contribution in [0, 0.1) is 11.7 Å². The highest BCUT2D eigenvalue weighted by molar-refractivity contribution is 6.30. The summed E-state index contributed by atoms with van der Waals surface area (Å²) in [4.78, 5) is 12.0. The molecule has 1 fully saturated rings. The highest BCUT2D eigenvalue weighted by Crippen LogP contribution is 2.25. The first-order valence-electron chi connectivity index (χ1n) is 6.08. The molecule has 18 heavy (non-hydrogen) atoms. The zero-order valence-electron chi connectivity index (χ0n) is 9.96. The summed E-state index contributed by atoms with van der Waals surface area (Å²) in [6, 6.07) is 4.17. The summed E-state index contributed by atoms with van der Waals surface area (Å²) >= 11 is 5.58. The van der Waals surface area contributed by atoms with E-state index in [9.17, 15) is 9.18 Å². The molecule has 3 N–H and O–H groups in total. The van der Waals surface area contributed by atoms with Crippen molar-refractivity contribution >= 4 is 17.5 Å². The van der Waals surface area contributed by atoms with Crippen LogP contribution in [0.1, 0.15) is 29.6 Å². The van der Waals surface area contributed by atoms with E-state index < -0.39 is 5.82 Å². The molecule has 5 heteroatoms. The monoisotopic (exact) mass is 270 g/mol. The van der Waals surface area contributed by atoms with Crippen molar-refractivity contribution in [3.8, 4) is 0 Å². The van der Waals surface area contributed by atoms with Crippen molar-refractivity contribution in [2.24, 2.45) is 11.7 Å². The number of rotatable bonds is 3. The summed E-state index contributed by atoms with van der Waals surface area (Å²) < 4.78 is 13.3. The largest absolute Gasteiger partial charge is 0.349 e. The van der Waals surface area contributed by atoms with Crippen LogP contribution in [0.3, 0.4) is 0 Å². The van der Waals surface area contributed by atoms with Crippen LogP contribution in [0.25, 0.3) is 0 Å². The topological polar surface area (TPSA) is 55.1 Å². The number of amides is 1. The van der Waals surface area contributed by atoms with E-state index in [1.165, 1.54) is 12.1 Å². The zero-order chi connectivity index (χ0) is 13.1. The Bertz CT molecular complexity index is 453. The first-order chi connectivity index (χ1) is 8.61. The van der Waals surface area contributed by atoms with Gasteiger partial charge in [0.05, 0.1) is 5.02 Å². The molecule has 3 nitrogen and oxygen atoms in total. The van der Waals surface area contributed by atoms with Crippen LogP contribution < -0.4 is 11.1 Å². The number of hydrogen-bond acceptors (Lipinski definition) is 2. The van der Waals surface area contributed by atoms with Crippen molar-refractivity contribution in [2.75, 3.05) is 6.54 Å². The van der Waals surface area contributed by atoms with E-state index in [1.54, 1.807) is 0 Å². The first-order valence-corrected chi connectivity index (χ1v) is 6.45. The first kappa shape index (κ1) is 13.3. The van der Waals surface area contributed by atoms with Crippen molar-refractivity contribution in [2.45, 2.75) is 25.3 Å². The highest BCUT2D eigenvalue weighted by atomic mass is 35.5. The Balaban J connectivity index is 2.05. The van der Waals surface area contributed by atoms with E-state index in [2.05, 4.69) is 5.32 Å². The molecular formula is C13H16ClFN2O. The van der Waals surface area contributed by atoms with E-state index in [0.717, 1.165) is 25.3 Å². The molecule has 0 spiro atoms. The van der Waals surface area contributed by atoms with Crippen LogP contribution in [-0.4, -0.2) is 18.5 Å². The second kappa shape index (κ2) is 5.67. The van der Waals surface area contributed by atoms with Gasteiger partial charge >= 0.3 is 0 Å². The van der Waals surface area contributed by atoms with Crippen molar-refractivity contribution in [1.29, 1.82) is 0 Å². The summed E-state index contributed by atoms with van der Waals surface area (Å²) in [6.07, 6.45) is 3.04. The predicted molar refractivity (Wildman–Crippen MR) is 69.1 cm³/mol. The maximum Gasteiger partial charge on any atom is 0.251 e. The lowest BCUT2D eigenvalue weighted by Gasteiger charge is -2.19. The van der Waals surface area contributed by atoms with Gasteiger partial charge in [-0.3, -0.25) is 4.79 Å². The number of nitrogens with one attached hydrogen (secondary N) is 1. The molecule has 0 radical (unpaired) electrons. The number of nitrogens with two attached hydrogens (primary N) is 1. The summed E-state index contributed by atoms with van der Waals surface area (Å²) in [5, 5.41) is 2.93. The van der Waals surface area contributed by atoms with Gasteiger partial charge in [0.15, 0.2) is 0 Å². The molecule has 98 valence electrons. The highest BCUT2D eigenvalue weighted by Gasteiger charge is 2.27. The Labute approximate surface area is 111 Å². The van der Waals surface area contributed by atoms with Gasteiger partial charge in [-0.1, -0.05) is 18.0 Å². The van der Waals surface area contributed by atoms with Crippen LogP contribution in [0.5, 0.6) is 0 Å². The molecule has 0 heterocycles. The second-order valence-electron chi connectivity index (χ2n) is 4.64. The van der Waals surface area contributed by atoms with Crippen LogP contribution in [0.4, 0.5) is 4.39 Å². The Morgan fingerprint density at radius 2 is 2.28 bits per heavy atom. The third-order valence-corrected chi connectivity index (χ3v) is 3.77. The smallest absolute Gasteiger partial charge is 0.251 e. The summed E-state index contributed by atoms with van der Waals surface area (Å²) in [6.45, 7) is 0.569. The van der Waals surface area contributed by atoms with Crippen molar-refractivity contribution in [3.05, 3.63) is 34.6 Å². The van der Waals surface area contributed by atoms with E-state index in [-0.39, 0.29) is 17.0 Å². The van der Waals surface area contributed by atoms with E-state index >= 15 is 0 Å². The lowest BCUT2D eigenvalue weighted by Crippen LogP contribution is -2.39. The van der Waals surface area contributed by atoms with Crippen LogP contribution >= 0.6 is 11.6 Å². The van der Waals surface area contributed by atoms with E-state index in [1.807, 2.05) is 0 Å². The van der Waals surface area contributed by atoms with Crippen molar-refractivity contribution < 1.29 is 9.18 Å². The quantitative estimate of drug-likeness (QED) is 0.886. The summed E-state index contributed by atoms with van der Waals surface area (Å²) in [5.74, 6) is -0.520. The van der Waals surface area contributed by atoms with Gasteiger partial charge in [-0.25, -0.2) is 4.39 Å². The number of carbonyl (C=O) groups excluding carboxylic acids is 1. The number of halogens is 2. The molecule has 2 rings (SSSR count). The van der Waals surface area contributed by atoms with Crippen LogP contribution in [-0.2, 0) is 0 Å². The lowest BCUT2D eigenvalue weighted by atomic mass is 10.0. The van der Waals surface area contributed by atoms with Crippen LogP contribution in [0.2, 0.25) is 5.02 Å². The van der Waals surface area contributed by atoms with Gasteiger partial charge in [-0.05, 0) is 43.5 Å². The molecule has 1 amide bonds. The van der Waals surface area contributed by atoms with Crippen molar-refractivity contribution in [3.63, 3.8) is 0 Å². The average Bonchev–Trinajstić information content (AvgIpc) is 2.79. The predicted octanol–water partition coefficient (Wildman–Crippen LogP) is 2.34. The van der Waals surface area contributed by atoms with E-state index in [4.69, 9.17) is 17.3 Å². The van der Waals surface area contributed by atoms with Gasteiger partial charge in [0.2, 0.25) is 0 Å². The maximum absolute atomic E-state index is 13.3. The lowest BCUT2D eigenvalue weighted by molar-refractivity contribution is 0.0928. The second-order valence-corrected chi connectivity index (χ2v) is 5.04. The molecule has 1 aromatic rings. The fourth-order valence-corrected chi connectivity index (χ4v) is 2.52. The maximum atomic E-state index is 13.3. The molecule has 2 atom stereocenters. The van der Waals surface area contributed by atoms with Gasteiger partial charge in [-0.15, -0.1) is 0 Å². The number of hydrogen-bond donors (Lipinski definition) is 2. The Morgan fingerprint density at radius 1 is 1.50 bits per heavy atom. The number of carbonyl (C=O) groups is 1. The standard InChI is InChI=1S/C13H16ClFN2O/c14-10-5-4-8(6-11(10)15)13(18)17-12-3-1-2-9(12)7-16/h4-6,9,12H,1-3,7,16H2,(H,17,18). The SMILES string of the molecule is NCC1CCCC1NC(=O)c1ccc(Cl)c(F)c1. The van der Waals surface area contributed by atoms with Crippen LogP contribution in [0.15, 0.2) is 18.2 Å². The summed E-state index contributed by atoms with van der Waals surface area (Å²) in [5.41, 5.74) is 5.95. The minimum atomic E-state index is -0.578. The van der Waals surface area contributed by atoms with Gasteiger partial charge in [-0.2, -0.15) is 0 Å². The molecule has 1 aliphatic carbocycles. The number of benzene rings is 1. The van der Waals surface area contributed by atoms with Gasteiger partial charge < -0.3 is 11.1 Å². The molecule has 0 saturated heterocycles. The third kappa shape index (κ3) is 2.82. The zero-order valence-corrected chi connectivity index (χ0v) is 10.7. The Kier molecular flexibility index (Phi) is 4.19. The third-order valence-electron chi connectivity index (χ3n) is 3.46. The minimum Gasteiger partial charge on any atom is -0.349 e. The van der Waals surface area contributed by atoms with E-state index in [0.29, 0.717) is 18.0 Å². The molecule has 1 saturated carbocycles. The van der Waals surface area contributed by atoms with Crippen molar-refractivity contribution in [1.82, 2.24) is 5.32 Å². The molecule has 0 aromatic heterocycles. The molecule has 1 aromatic carbocycles. The molecule has 0 aliphatic heterocycles. The summed E-state index contributed by atoms with van der Waals surface area (Å²) in [7, 11) is 0. The fraction of sp³-hybridized carbons (Fsp3) is 0.462. The fourth-order valence-electron chi connectivity index (χ4n) is 2.40. The van der Waals surface area contributed by atoms with Gasteiger partial charge in [0.25, 0.3) is 5.91 Å². The average molecular weight is 271 g/mol. The molecular weight excluding hydrogens is 255 g/mol. The minimum absolute atomic E-state index is 0.0206. The van der Waals surface area contributed by atoms with Gasteiger partial charge in [0.1, 0.15) is 5.82 Å². The molecule has 1 aliphatic rings. The Hall–Kier alpha value is -1.13. The van der Waals surface area contributed by atoms with Gasteiger partial charge in [0, 0.05) is 11.6 Å². The normalized spacial score (nSPS) is 23.1. The molecule has 2 unspecified atom stereocenters. The molecule has 0 bridgehead atoms. The Morgan fingerprint density at radius 3 is 2.94 bits per heavy atom.